The summed E-state index contributed by atoms with van der Waals surface area (Å²) in [4.78, 5) is 13.8. The van der Waals surface area contributed by atoms with E-state index in [4.69, 9.17) is 9.97 Å². The first-order valence-electron chi connectivity index (χ1n) is 15.0. The molecule has 0 radical (unpaired) electrons. The van der Waals surface area contributed by atoms with Crippen molar-refractivity contribution in [2.75, 3.05) is 18.9 Å². The second-order valence-electron chi connectivity index (χ2n) is 10.6. The first-order valence-corrected chi connectivity index (χ1v) is 15.0. The second kappa shape index (κ2) is 15.3. The van der Waals surface area contributed by atoms with Crippen molar-refractivity contribution >= 4 is 33.4 Å². The SMILES string of the molecule is CCCC(CCC)c1nc2c([nH]1)c(Nc1ccc(C#CCCCCCCCCNC)cc1)nc1ccccc12. The summed E-state index contributed by atoms with van der Waals surface area (Å²) in [6, 6.07) is 16.6. The molecule has 0 bridgehead atoms. The summed E-state index contributed by atoms with van der Waals surface area (Å²) in [5.74, 6) is 9.03. The fourth-order valence-electron chi connectivity index (χ4n) is 5.26. The number of para-hydroxylation sites is 1. The lowest BCUT2D eigenvalue weighted by atomic mass is 9.98. The zero-order valence-corrected chi connectivity index (χ0v) is 24.1. The minimum absolute atomic E-state index is 0.445. The third-order valence-corrected chi connectivity index (χ3v) is 7.37. The Morgan fingerprint density at radius 2 is 1.56 bits per heavy atom. The van der Waals surface area contributed by atoms with Gasteiger partial charge in [0, 0.05) is 29.0 Å². The molecule has 2 aromatic carbocycles. The van der Waals surface area contributed by atoms with Gasteiger partial charge in [-0.05, 0) is 69.6 Å². The number of aromatic nitrogens is 3. The van der Waals surface area contributed by atoms with E-state index in [1.807, 2.05) is 13.1 Å². The number of H-pyrrole nitrogens is 1. The molecule has 0 amide bonds. The lowest BCUT2D eigenvalue weighted by Crippen LogP contribution is -2.06. The minimum atomic E-state index is 0.445. The fourth-order valence-corrected chi connectivity index (χ4v) is 5.26. The highest BCUT2D eigenvalue weighted by Gasteiger charge is 2.18. The van der Waals surface area contributed by atoms with E-state index in [2.05, 4.69) is 83.8 Å². The first kappa shape index (κ1) is 28.6. The average molecular weight is 524 g/mol. The molecule has 5 nitrogen and oxygen atoms in total. The van der Waals surface area contributed by atoms with Gasteiger partial charge < -0.3 is 15.6 Å². The van der Waals surface area contributed by atoms with Crippen molar-refractivity contribution in [2.24, 2.45) is 0 Å². The van der Waals surface area contributed by atoms with Crippen LogP contribution in [0.3, 0.4) is 0 Å². The number of hydrogen-bond acceptors (Lipinski definition) is 4. The first-order chi connectivity index (χ1) is 19.2. The van der Waals surface area contributed by atoms with E-state index >= 15 is 0 Å². The van der Waals surface area contributed by atoms with Crippen LogP contribution in [0.4, 0.5) is 11.5 Å². The molecule has 39 heavy (non-hydrogen) atoms. The van der Waals surface area contributed by atoms with Crippen LogP contribution in [0.1, 0.15) is 102 Å². The van der Waals surface area contributed by atoms with Gasteiger partial charge in [-0.1, -0.05) is 82.4 Å². The number of rotatable bonds is 15. The van der Waals surface area contributed by atoms with E-state index in [1.54, 1.807) is 0 Å². The van der Waals surface area contributed by atoms with E-state index in [0.717, 1.165) is 83.5 Å². The van der Waals surface area contributed by atoms with Crippen molar-refractivity contribution in [1.82, 2.24) is 20.3 Å². The van der Waals surface area contributed by atoms with Crippen molar-refractivity contribution in [3.05, 3.63) is 59.9 Å². The highest BCUT2D eigenvalue weighted by atomic mass is 15.0. The quantitative estimate of drug-likeness (QED) is 0.108. The third-order valence-electron chi connectivity index (χ3n) is 7.37. The van der Waals surface area contributed by atoms with Crippen LogP contribution in [0.2, 0.25) is 0 Å². The third kappa shape index (κ3) is 8.07. The Bertz CT molecular complexity index is 1350. The van der Waals surface area contributed by atoms with Gasteiger partial charge in [0.1, 0.15) is 16.9 Å². The molecule has 0 fully saturated rings. The largest absolute Gasteiger partial charge is 0.339 e. The van der Waals surface area contributed by atoms with E-state index in [9.17, 15) is 0 Å². The number of pyridine rings is 1. The summed E-state index contributed by atoms with van der Waals surface area (Å²) >= 11 is 0. The number of nitrogens with zero attached hydrogens (tertiary/aromatic N) is 2. The number of imidazole rings is 1. The predicted octanol–water partition coefficient (Wildman–Crippen LogP) is 8.84. The molecule has 0 atom stereocenters. The van der Waals surface area contributed by atoms with Crippen LogP contribution >= 0.6 is 0 Å². The monoisotopic (exact) mass is 523 g/mol. The molecule has 206 valence electrons. The Hall–Kier alpha value is -3.36. The number of aromatic amines is 1. The second-order valence-corrected chi connectivity index (χ2v) is 10.6. The van der Waals surface area contributed by atoms with Crippen LogP contribution in [0.15, 0.2) is 48.5 Å². The summed E-state index contributed by atoms with van der Waals surface area (Å²) in [6.45, 7) is 5.63. The molecule has 0 spiro atoms. The molecule has 3 N–H and O–H groups in total. The molecule has 4 rings (SSSR count). The van der Waals surface area contributed by atoms with Crippen LogP contribution in [0.5, 0.6) is 0 Å². The molecule has 2 heterocycles. The van der Waals surface area contributed by atoms with Gasteiger partial charge >= 0.3 is 0 Å². The summed E-state index contributed by atoms with van der Waals surface area (Å²) < 4.78 is 0. The number of benzene rings is 2. The van der Waals surface area contributed by atoms with Gasteiger partial charge in [0.05, 0.1) is 5.52 Å². The molecule has 0 unspecified atom stereocenters. The number of nitrogens with one attached hydrogen (secondary N) is 3. The predicted molar refractivity (Wildman–Crippen MR) is 167 cm³/mol. The molecule has 5 heteroatoms. The highest BCUT2D eigenvalue weighted by Crippen LogP contribution is 2.33. The average Bonchev–Trinajstić information content (AvgIpc) is 3.41. The van der Waals surface area contributed by atoms with Gasteiger partial charge in [0.2, 0.25) is 0 Å². The maximum Gasteiger partial charge on any atom is 0.157 e. The fraction of sp³-hybridized carbons (Fsp3) is 0.471. The molecular formula is C34H45N5. The molecule has 0 aliphatic carbocycles. The van der Waals surface area contributed by atoms with Gasteiger partial charge in [0.15, 0.2) is 5.82 Å². The summed E-state index contributed by atoms with van der Waals surface area (Å²) in [5.41, 5.74) is 4.98. The Morgan fingerprint density at radius 3 is 2.31 bits per heavy atom. The Labute approximate surface area is 234 Å². The van der Waals surface area contributed by atoms with Crippen LogP contribution in [0, 0.1) is 11.8 Å². The number of anilines is 2. The van der Waals surface area contributed by atoms with Crippen molar-refractivity contribution in [1.29, 1.82) is 0 Å². The molecular weight excluding hydrogens is 478 g/mol. The topological polar surface area (TPSA) is 65.6 Å². The van der Waals surface area contributed by atoms with Gasteiger partial charge in [-0.2, -0.15) is 0 Å². The lowest BCUT2D eigenvalue weighted by Gasteiger charge is -2.11. The molecule has 0 saturated carbocycles. The summed E-state index contributed by atoms with van der Waals surface area (Å²) in [5, 5.41) is 7.86. The summed E-state index contributed by atoms with van der Waals surface area (Å²) in [7, 11) is 2.02. The zero-order chi connectivity index (χ0) is 27.3. The molecule has 0 aliphatic heterocycles. The Kier molecular flexibility index (Phi) is 11.2. The van der Waals surface area contributed by atoms with E-state index < -0.39 is 0 Å². The molecule has 0 saturated heterocycles. The molecule has 0 aliphatic rings. The zero-order valence-electron chi connectivity index (χ0n) is 24.1. The normalized spacial score (nSPS) is 11.3. The smallest absolute Gasteiger partial charge is 0.157 e. The number of hydrogen-bond donors (Lipinski definition) is 3. The van der Waals surface area contributed by atoms with Gasteiger partial charge in [-0.3, -0.25) is 0 Å². The highest BCUT2D eigenvalue weighted by molar-refractivity contribution is 6.07. The standard InChI is InChI=1S/C34H45N5/c1-4-16-27(17-5-2)33-38-31-29-19-13-14-20-30(29)37-34(32(31)39-33)36-28-23-21-26(22-24-28)18-12-10-8-6-7-9-11-15-25-35-3/h13-14,19-24,27,35H,4-11,15-17,25H2,1-3H3,(H,36,37)(H,38,39). The van der Waals surface area contributed by atoms with Crippen molar-refractivity contribution < 1.29 is 0 Å². The van der Waals surface area contributed by atoms with Crippen molar-refractivity contribution in [3.8, 4) is 11.8 Å². The number of fused-ring (bicyclic) bond motifs is 3. The molecule has 4 aromatic rings. The molecule has 2 aromatic heterocycles. The lowest BCUT2D eigenvalue weighted by molar-refractivity contribution is 0.539. The number of unbranched alkanes of at least 4 members (excludes halogenated alkanes) is 6. The van der Waals surface area contributed by atoms with Crippen LogP contribution in [0.25, 0.3) is 21.9 Å². The van der Waals surface area contributed by atoms with Gasteiger partial charge in [-0.15, -0.1) is 0 Å². The maximum absolute atomic E-state index is 5.12. The van der Waals surface area contributed by atoms with E-state index in [0.29, 0.717) is 5.92 Å². The Morgan fingerprint density at radius 1 is 0.846 bits per heavy atom. The summed E-state index contributed by atoms with van der Waals surface area (Å²) in [6.07, 6.45) is 13.3. The van der Waals surface area contributed by atoms with Crippen LogP contribution in [-0.4, -0.2) is 28.5 Å². The van der Waals surface area contributed by atoms with Gasteiger partial charge in [0.25, 0.3) is 0 Å². The van der Waals surface area contributed by atoms with Crippen LogP contribution in [-0.2, 0) is 0 Å². The maximum atomic E-state index is 5.12. The van der Waals surface area contributed by atoms with E-state index in [-0.39, 0.29) is 0 Å². The van der Waals surface area contributed by atoms with Crippen molar-refractivity contribution in [3.63, 3.8) is 0 Å². The van der Waals surface area contributed by atoms with Crippen molar-refractivity contribution in [2.45, 2.75) is 90.4 Å². The Balaban J connectivity index is 1.43. The van der Waals surface area contributed by atoms with E-state index in [1.165, 1.54) is 38.5 Å². The minimum Gasteiger partial charge on any atom is -0.339 e. The van der Waals surface area contributed by atoms with Gasteiger partial charge in [-0.25, -0.2) is 9.97 Å². The van der Waals surface area contributed by atoms with Crippen LogP contribution < -0.4 is 10.6 Å².